The number of hydrogen-bond donors (Lipinski definition) is 1. The van der Waals surface area contributed by atoms with Gasteiger partial charge in [0.05, 0.1) is 11.8 Å². The number of nitrogens with zero attached hydrogens (tertiary/aromatic N) is 6. The zero-order valence-electron chi connectivity index (χ0n) is 15.9. The fourth-order valence-electron chi connectivity index (χ4n) is 4.00. The largest absolute Gasteiger partial charge is 0.465 e. The van der Waals surface area contributed by atoms with Crippen LogP contribution in [-0.2, 0) is 0 Å². The molecular formula is C19H19ClN6O3S. The Labute approximate surface area is 180 Å². The summed E-state index contributed by atoms with van der Waals surface area (Å²) in [6.07, 6.45) is 5.75. The van der Waals surface area contributed by atoms with E-state index in [1.54, 1.807) is 20.5 Å². The number of halogens is 1. The molecule has 156 valence electrons. The normalized spacial score (nSPS) is 17.4. The van der Waals surface area contributed by atoms with Crippen LogP contribution in [0.4, 0.5) is 4.79 Å². The van der Waals surface area contributed by atoms with Gasteiger partial charge in [0, 0.05) is 42.8 Å². The third-order valence-corrected chi connectivity index (χ3v) is 6.67. The summed E-state index contributed by atoms with van der Waals surface area (Å²) in [6, 6.07) is 1.58. The van der Waals surface area contributed by atoms with Gasteiger partial charge in [0.25, 0.3) is 5.91 Å². The first kappa shape index (κ1) is 19.3. The van der Waals surface area contributed by atoms with Crippen LogP contribution in [0.1, 0.15) is 36.2 Å². The molecule has 3 aromatic rings. The lowest BCUT2D eigenvalue weighted by atomic mass is 10.0. The van der Waals surface area contributed by atoms with Crippen LogP contribution >= 0.6 is 22.9 Å². The molecule has 1 aliphatic heterocycles. The first-order valence-electron chi connectivity index (χ1n) is 9.77. The molecule has 30 heavy (non-hydrogen) atoms. The van der Waals surface area contributed by atoms with E-state index >= 15 is 0 Å². The van der Waals surface area contributed by atoms with Crippen LogP contribution in [0.3, 0.4) is 0 Å². The predicted molar refractivity (Wildman–Crippen MR) is 111 cm³/mol. The quantitative estimate of drug-likeness (QED) is 0.617. The molecule has 1 saturated heterocycles. The SMILES string of the molecule is O=C(c1cc(Cl)nc(-c2cnn3ccsc23)n1)N1CCC(N(C(=O)O)C2CC2)CC1. The maximum atomic E-state index is 13.1. The second-order valence-electron chi connectivity index (χ2n) is 7.55. The van der Waals surface area contributed by atoms with Crippen molar-refractivity contribution >= 4 is 39.8 Å². The Kier molecular flexibility index (Phi) is 4.82. The van der Waals surface area contributed by atoms with E-state index in [2.05, 4.69) is 15.1 Å². The minimum atomic E-state index is -0.865. The molecule has 2 amide bonds. The molecule has 3 aromatic heterocycles. The lowest BCUT2D eigenvalue weighted by Gasteiger charge is -2.37. The summed E-state index contributed by atoms with van der Waals surface area (Å²) >= 11 is 7.70. The van der Waals surface area contributed by atoms with E-state index in [0.29, 0.717) is 31.8 Å². The maximum absolute atomic E-state index is 13.1. The molecule has 0 aromatic carbocycles. The molecule has 0 unspecified atom stereocenters. The second kappa shape index (κ2) is 7.51. The Morgan fingerprint density at radius 1 is 1.17 bits per heavy atom. The van der Waals surface area contributed by atoms with Gasteiger partial charge in [-0.3, -0.25) is 4.79 Å². The number of aromatic nitrogens is 4. The number of hydrogen-bond acceptors (Lipinski definition) is 6. The van der Waals surface area contributed by atoms with Crippen LogP contribution < -0.4 is 0 Å². The molecule has 1 saturated carbocycles. The van der Waals surface area contributed by atoms with Crippen molar-refractivity contribution in [3.63, 3.8) is 0 Å². The summed E-state index contributed by atoms with van der Waals surface area (Å²) in [5.41, 5.74) is 0.957. The number of carbonyl (C=O) groups excluding carboxylic acids is 1. The highest BCUT2D eigenvalue weighted by Crippen LogP contribution is 2.32. The van der Waals surface area contributed by atoms with Gasteiger partial charge in [-0.2, -0.15) is 5.10 Å². The van der Waals surface area contributed by atoms with Crippen molar-refractivity contribution in [2.75, 3.05) is 13.1 Å². The fraction of sp³-hybridized carbons (Fsp3) is 0.421. The van der Waals surface area contributed by atoms with Crippen molar-refractivity contribution in [2.45, 2.75) is 37.8 Å². The molecule has 11 heteroatoms. The van der Waals surface area contributed by atoms with Crippen molar-refractivity contribution in [1.82, 2.24) is 29.4 Å². The van der Waals surface area contributed by atoms with Gasteiger partial charge in [-0.05, 0) is 25.7 Å². The number of carboxylic acid groups (broad SMARTS) is 1. The number of amides is 2. The molecule has 0 radical (unpaired) electrons. The summed E-state index contributed by atoms with van der Waals surface area (Å²) in [7, 11) is 0. The molecule has 9 nitrogen and oxygen atoms in total. The van der Waals surface area contributed by atoms with Gasteiger partial charge in [-0.15, -0.1) is 11.3 Å². The van der Waals surface area contributed by atoms with Crippen LogP contribution in [0.5, 0.6) is 0 Å². The summed E-state index contributed by atoms with van der Waals surface area (Å²) in [5, 5.41) is 15.9. The Balaban J connectivity index is 1.34. The average molecular weight is 447 g/mol. The fourth-order valence-corrected chi connectivity index (χ4v) is 4.98. The summed E-state index contributed by atoms with van der Waals surface area (Å²) in [6.45, 7) is 0.972. The molecular weight excluding hydrogens is 428 g/mol. The number of fused-ring (bicyclic) bond motifs is 1. The van der Waals surface area contributed by atoms with Gasteiger partial charge in [-0.25, -0.2) is 19.3 Å². The van der Waals surface area contributed by atoms with E-state index in [1.807, 2.05) is 11.6 Å². The zero-order valence-corrected chi connectivity index (χ0v) is 17.5. The molecule has 4 heterocycles. The summed E-state index contributed by atoms with van der Waals surface area (Å²) in [5.74, 6) is 0.144. The van der Waals surface area contributed by atoms with Crippen LogP contribution in [-0.4, -0.2) is 71.7 Å². The minimum Gasteiger partial charge on any atom is -0.465 e. The van der Waals surface area contributed by atoms with Crippen molar-refractivity contribution < 1.29 is 14.7 Å². The van der Waals surface area contributed by atoms with E-state index in [-0.39, 0.29) is 28.8 Å². The van der Waals surface area contributed by atoms with E-state index in [4.69, 9.17) is 11.6 Å². The molecule has 1 aliphatic carbocycles. The predicted octanol–water partition coefficient (Wildman–Crippen LogP) is 3.25. The minimum absolute atomic E-state index is 0.0388. The van der Waals surface area contributed by atoms with Crippen molar-refractivity contribution in [1.29, 1.82) is 0 Å². The summed E-state index contributed by atoms with van der Waals surface area (Å²) < 4.78 is 1.73. The lowest BCUT2D eigenvalue weighted by molar-refractivity contribution is 0.0599. The number of carbonyl (C=O) groups is 2. The molecule has 5 rings (SSSR count). The van der Waals surface area contributed by atoms with Gasteiger partial charge in [-0.1, -0.05) is 11.6 Å². The van der Waals surface area contributed by atoms with Crippen molar-refractivity contribution in [3.05, 3.63) is 34.7 Å². The molecule has 2 fully saturated rings. The van der Waals surface area contributed by atoms with E-state index in [0.717, 1.165) is 23.2 Å². The van der Waals surface area contributed by atoms with E-state index in [1.165, 1.54) is 17.4 Å². The highest BCUT2D eigenvalue weighted by molar-refractivity contribution is 7.16. The van der Waals surface area contributed by atoms with Crippen LogP contribution in [0.25, 0.3) is 16.2 Å². The zero-order chi connectivity index (χ0) is 20.8. The number of likely N-dealkylation sites (tertiary alicyclic amines) is 1. The highest BCUT2D eigenvalue weighted by atomic mass is 35.5. The monoisotopic (exact) mass is 446 g/mol. The van der Waals surface area contributed by atoms with Gasteiger partial charge in [0.1, 0.15) is 15.7 Å². The molecule has 1 N–H and O–H groups in total. The number of rotatable bonds is 4. The van der Waals surface area contributed by atoms with Gasteiger partial charge >= 0.3 is 6.09 Å². The Hall–Kier alpha value is -2.72. The summed E-state index contributed by atoms with van der Waals surface area (Å²) in [4.78, 5) is 37.6. The van der Waals surface area contributed by atoms with Crippen LogP contribution in [0.15, 0.2) is 23.8 Å². The topological polar surface area (TPSA) is 104 Å². The smallest absolute Gasteiger partial charge is 0.407 e. The third kappa shape index (κ3) is 3.50. The molecule has 0 spiro atoms. The number of piperidine rings is 1. The lowest BCUT2D eigenvalue weighted by Crippen LogP contribution is -2.49. The Morgan fingerprint density at radius 3 is 2.60 bits per heavy atom. The average Bonchev–Trinajstić information content (AvgIpc) is 3.29. The van der Waals surface area contributed by atoms with Gasteiger partial charge in [0.15, 0.2) is 5.82 Å². The molecule has 0 bridgehead atoms. The van der Waals surface area contributed by atoms with Gasteiger partial charge < -0.3 is 14.9 Å². The van der Waals surface area contributed by atoms with E-state index in [9.17, 15) is 14.7 Å². The first-order valence-corrected chi connectivity index (χ1v) is 11.0. The maximum Gasteiger partial charge on any atom is 0.407 e. The Morgan fingerprint density at radius 2 is 1.90 bits per heavy atom. The van der Waals surface area contributed by atoms with Crippen molar-refractivity contribution in [3.8, 4) is 11.4 Å². The Bertz CT molecular complexity index is 1120. The molecule has 2 aliphatic rings. The van der Waals surface area contributed by atoms with Crippen LogP contribution in [0.2, 0.25) is 5.15 Å². The van der Waals surface area contributed by atoms with Crippen LogP contribution in [0, 0.1) is 0 Å². The standard InChI is InChI=1S/C19H19ClN6O3S/c20-15-9-14(22-16(23-15)13-10-21-25-7-8-30-18(13)25)17(27)24-5-3-12(4-6-24)26(19(28)29)11-1-2-11/h7-12H,1-6H2,(H,28,29). The second-order valence-corrected chi connectivity index (χ2v) is 8.84. The number of thiazole rings is 1. The third-order valence-electron chi connectivity index (χ3n) is 5.59. The van der Waals surface area contributed by atoms with Gasteiger partial charge in [0.2, 0.25) is 0 Å². The van der Waals surface area contributed by atoms with Crippen molar-refractivity contribution in [2.24, 2.45) is 0 Å². The molecule has 0 atom stereocenters. The van der Waals surface area contributed by atoms with E-state index < -0.39 is 6.09 Å². The highest BCUT2D eigenvalue weighted by Gasteiger charge is 2.39. The first-order chi connectivity index (χ1) is 14.5.